The molecule has 33 heavy (non-hydrogen) atoms. The first-order chi connectivity index (χ1) is 16.0. The molecule has 2 aliphatic rings. The summed E-state index contributed by atoms with van der Waals surface area (Å²) >= 11 is 0. The molecule has 1 fully saturated rings. The number of hydrogen-bond acceptors (Lipinski definition) is 7. The predicted octanol–water partition coefficient (Wildman–Crippen LogP) is 4.15. The van der Waals surface area contributed by atoms with Crippen LogP contribution in [0.2, 0.25) is 0 Å². The summed E-state index contributed by atoms with van der Waals surface area (Å²) < 4.78 is 5.51. The highest BCUT2D eigenvalue weighted by molar-refractivity contribution is 5.94. The molecule has 0 atom stereocenters. The Hall–Kier alpha value is -3.98. The number of anilines is 1. The SMILES string of the molecule is O=C(O)c1ccccc1NN=CC1=C(N2CCOCC2)C(=Cc2ccc([N+](=O)[O-])cc2)CC1. The van der Waals surface area contributed by atoms with E-state index in [1.54, 1.807) is 36.5 Å². The number of nitrogens with one attached hydrogen (secondary N) is 1. The third kappa shape index (κ3) is 5.27. The number of allylic oxidation sites excluding steroid dienone is 2. The van der Waals surface area contributed by atoms with Crippen molar-refractivity contribution < 1.29 is 19.6 Å². The van der Waals surface area contributed by atoms with Gasteiger partial charge in [-0.1, -0.05) is 12.1 Å². The van der Waals surface area contributed by atoms with Crippen LogP contribution in [0.25, 0.3) is 6.08 Å². The van der Waals surface area contributed by atoms with Crippen molar-refractivity contribution in [3.8, 4) is 0 Å². The van der Waals surface area contributed by atoms with Gasteiger partial charge in [-0.3, -0.25) is 15.5 Å². The maximum atomic E-state index is 11.4. The Morgan fingerprint density at radius 3 is 2.55 bits per heavy atom. The largest absolute Gasteiger partial charge is 0.478 e. The van der Waals surface area contributed by atoms with Gasteiger partial charge in [-0.05, 0) is 59.9 Å². The minimum atomic E-state index is -1.02. The number of benzene rings is 2. The zero-order valence-electron chi connectivity index (χ0n) is 17.9. The van der Waals surface area contributed by atoms with Crippen molar-refractivity contribution in [1.29, 1.82) is 0 Å². The number of aromatic carboxylic acids is 1. The molecule has 1 heterocycles. The van der Waals surface area contributed by atoms with Crippen LogP contribution >= 0.6 is 0 Å². The quantitative estimate of drug-likeness (QED) is 0.371. The Kier molecular flexibility index (Phi) is 6.80. The van der Waals surface area contributed by atoms with Gasteiger partial charge in [-0.25, -0.2) is 4.79 Å². The first-order valence-corrected chi connectivity index (χ1v) is 10.7. The van der Waals surface area contributed by atoms with Crippen LogP contribution in [0.1, 0.15) is 28.8 Å². The van der Waals surface area contributed by atoms with Crippen molar-refractivity contribution in [3.05, 3.63) is 86.6 Å². The molecule has 0 radical (unpaired) electrons. The Morgan fingerprint density at radius 2 is 1.85 bits per heavy atom. The lowest BCUT2D eigenvalue weighted by Gasteiger charge is -2.31. The highest BCUT2D eigenvalue weighted by atomic mass is 16.6. The van der Waals surface area contributed by atoms with Gasteiger partial charge in [0.05, 0.1) is 35.6 Å². The van der Waals surface area contributed by atoms with Crippen LogP contribution in [0.5, 0.6) is 0 Å². The topological polar surface area (TPSA) is 117 Å². The zero-order valence-corrected chi connectivity index (χ0v) is 17.9. The molecule has 2 aromatic rings. The number of hydrogen-bond donors (Lipinski definition) is 2. The van der Waals surface area contributed by atoms with Crippen molar-refractivity contribution in [2.75, 3.05) is 31.7 Å². The van der Waals surface area contributed by atoms with Crippen LogP contribution in [0.3, 0.4) is 0 Å². The lowest BCUT2D eigenvalue weighted by molar-refractivity contribution is -0.384. The number of carbonyl (C=O) groups is 1. The summed E-state index contributed by atoms with van der Waals surface area (Å²) in [5, 5.41) is 24.6. The summed E-state index contributed by atoms with van der Waals surface area (Å²) in [6, 6.07) is 13.1. The van der Waals surface area contributed by atoms with Crippen LogP contribution in [0.4, 0.5) is 11.4 Å². The molecular formula is C24H24N4O5. The second kappa shape index (κ2) is 10.1. The molecule has 2 aromatic carbocycles. The summed E-state index contributed by atoms with van der Waals surface area (Å²) in [5.74, 6) is -1.02. The van der Waals surface area contributed by atoms with Gasteiger partial charge in [-0.2, -0.15) is 5.10 Å². The monoisotopic (exact) mass is 448 g/mol. The number of non-ortho nitro benzene ring substituents is 1. The van der Waals surface area contributed by atoms with E-state index in [-0.39, 0.29) is 11.3 Å². The molecule has 1 aliphatic carbocycles. The number of carboxylic acids is 1. The molecule has 2 N–H and O–H groups in total. The molecule has 1 saturated heterocycles. The number of nitrogens with zero attached hydrogens (tertiary/aromatic N) is 3. The fourth-order valence-corrected chi connectivity index (χ4v) is 4.01. The highest BCUT2D eigenvalue weighted by Crippen LogP contribution is 2.35. The predicted molar refractivity (Wildman–Crippen MR) is 125 cm³/mol. The molecule has 4 rings (SSSR count). The molecule has 9 heteroatoms. The summed E-state index contributed by atoms with van der Waals surface area (Å²) in [4.78, 5) is 24.2. The lowest BCUT2D eigenvalue weighted by Crippen LogP contribution is -2.36. The minimum absolute atomic E-state index is 0.0630. The van der Waals surface area contributed by atoms with Gasteiger partial charge in [0.2, 0.25) is 0 Å². The molecule has 170 valence electrons. The molecule has 0 amide bonds. The summed E-state index contributed by atoms with van der Waals surface area (Å²) in [7, 11) is 0. The van der Waals surface area contributed by atoms with Gasteiger partial charge in [0, 0.05) is 30.9 Å². The van der Waals surface area contributed by atoms with Crippen molar-refractivity contribution in [2.45, 2.75) is 12.8 Å². The van der Waals surface area contributed by atoms with Crippen molar-refractivity contribution in [2.24, 2.45) is 5.10 Å². The van der Waals surface area contributed by atoms with Gasteiger partial charge in [0.1, 0.15) is 0 Å². The van der Waals surface area contributed by atoms with Crippen molar-refractivity contribution in [1.82, 2.24) is 4.90 Å². The number of para-hydroxylation sites is 1. The van der Waals surface area contributed by atoms with Crippen LogP contribution in [-0.2, 0) is 4.74 Å². The molecule has 0 unspecified atom stereocenters. The molecule has 9 nitrogen and oxygen atoms in total. The van der Waals surface area contributed by atoms with Crippen molar-refractivity contribution >= 4 is 29.6 Å². The second-order valence-corrected chi connectivity index (χ2v) is 7.71. The van der Waals surface area contributed by atoms with E-state index in [9.17, 15) is 20.0 Å². The van der Waals surface area contributed by atoms with E-state index in [0.717, 1.165) is 48.3 Å². The maximum Gasteiger partial charge on any atom is 0.337 e. The molecule has 0 spiro atoms. The smallest absolute Gasteiger partial charge is 0.337 e. The Balaban J connectivity index is 1.61. The summed E-state index contributed by atoms with van der Waals surface area (Å²) in [6.07, 6.45) is 5.41. The number of nitro groups is 1. The van der Waals surface area contributed by atoms with E-state index in [0.29, 0.717) is 18.9 Å². The summed E-state index contributed by atoms with van der Waals surface area (Å²) in [6.45, 7) is 2.81. The normalized spacial score (nSPS) is 17.7. The maximum absolute atomic E-state index is 11.4. The van der Waals surface area contributed by atoms with E-state index < -0.39 is 10.9 Å². The van der Waals surface area contributed by atoms with Crippen molar-refractivity contribution in [3.63, 3.8) is 0 Å². The lowest BCUT2D eigenvalue weighted by atomic mass is 10.1. The zero-order chi connectivity index (χ0) is 23.2. The van der Waals surface area contributed by atoms with Gasteiger partial charge >= 0.3 is 5.97 Å². The number of nitro benzene ring substituents is 1. The van der Waals surface area contributed by atoms with E-state index in [1.165, 1.54) is 18.2 Å². The van der Waals surface area contributed by atoms with Crippen LogP contribution in [0.15, 0.2) is 70.5 Å². The molecule has 0 aromatic heterocycles. The average Bonchev–Trinajstić information content (AvgIpc) is 3.22. The number of rotatable bonds is 7. The molecule has 1 aliphatic heterocycles. The Bertz CT molecular complexity index is 1130. The Labute approximate surface area is 190 Å². The van der Waals surface area contributed by atoms with Gasteiger partial charge in [0.15, 0.2) is 0 Å². The average molecular weight is 448 g/mol. The number of ether oxygens (including phenoxy) is 1. The molecule has 0 bridgehead atoms. The molecular weight excluding hydrogens is 424 g/mol. The van der Waals surface area contributed by atoms with Gasteiger partial charge in [0.25, 0.3) is 5.69 Å². The van der Waals surface area contributed by atoms with Gasteiger partial charge in [-0.15, -0.1) is 0 Å². The number of hydrazone groups is 1. The van der Waals surface area contributed by atoms with E-state index in [4.69, 9.17) is 4.74 Å². The van der Waals surface area contributed by atoms with E-state index >= 15 is 0 Å². The van der Waals surface area contributed by atoms with Crippen LogP contribution < -0.4 is 5.43 Å². The molecule has 0 saturated carbocycles. The third-order valence-electron chi connectivity index (χ3n) is 5.61. The second-order valence-electron chi connectivity index (χ2n) is 7.71. The Morgan fingerprint density at radius 1 is 1.12 bits per heavy atom. The van der Waals surface area contributed by atoms with E-state index in [2.05, 4.69) is 21.5 Å². The standard InChI is InChI=1S/C24H24N4O5/c29-24(30)21-3-1-2-4-22(21)26-25-16-19-8-7-18(23(19)27-11-13-33-14-12-27)15-17-5-9-20(10-6-17)28(31)32/h1-6,9-10,15-16,26H,7-8,11-14H2,(H,29,30). The third-order valence-corrected chi connectivity index (χ3v) is 5.61. The minimum Gasteiger partial charge on any atom is -0.478 e. The fraction of sp³-hybridized carbons (Fsp3) is 0.250. The van der Waals surface area contributed by atoms with E-state index in [1.807, 2.05) is 0 Å². The first-order valence-electron chi connectivity index (χ1n) is 10.7. The fourth-order valence-electron chi connectivity index (χ4n) is 4.01. The number of carboxylic acid groups (broad SMARTS) is 1. The van der Waals surface area contributed by atoms with Crippen LogP contribution in [-0.4, -0.2) is 53.4 Å². The van der Waals surface area contributed by atoms with Gasteiger partial charge < -0.3 is 14.7 Å². The summed E-state index contributed by atoms with van der Waals surface area (Å²) in [5.41, 5.74) is 7.67. The van der Waals surface area contributed by atoms with Crippen LogP contribution in [0, 0.1) is 10.1 Å². The number of morpholine rings is 1. The highest BCUT2D eigenvalue weighted by Gasteiger charge is 2.25. The first kappa shape index (κ1) is 22.2.